The first-order valence-corrected chi connectivity index (χ1v) is 12.1. The molecule has 0 aliphatic rings. The molecule has 0 unspecified atom stereocenters. The molecule has 168 valence electrons. The van der Waals surface area contributed by atoms with Crippen LogP contribution in [0.3, 0.4) is 0 Å². The van der Waals surface area contributed by atoms with Crippen LogP contribution in [0.2, 0.25) is 5.02 Å². The van der Waals surface area contributed by atoms with Gasteiger partial charge in [-0.1, -0.05) is 35.9 Å². The number of thiophene rings is 1. The fraction of sp³-hybridized carbons (Fsp3) is 0.154. The number of aryl methyl sites for hydroxylation is 3. The highest BCUT2D eigenvalue weighted by Gasteiger charge is 2.17. The summed E-state index contributed by atoms with van der Waals surface area (Å²) in [6.07, 6.45) is 1.73. The number of nitrogens with zero attached hydrogens (tertiary/aromatic N) is 5. The van der Waals surface area contributed by atoms with Crippen molar-refractivity contribution in [1.29, 1.82) is 0 Å². The van der Waals surface area contributed by atoms with Gasteiger partial charge in [-0.25, -0.2) is 19.5 Å². The van der Waals surface area contributed by atoms with E-state index in [0.29, 0.717) is 23.2 Å². The highest BCUT2D eigenvalue weighted by molar-refractivity contribution is 7.26. The van der Waals surface area contributed by atoms with Crippen molar-refractivity contribution >= 4 is 49.0 Å². The van der Waals surface area contributed by atoms with E-state index >= 15 is 0 Å². The molecular formula is C26H20ClN5OS. The summed E-state index contributed by atoms with van der Waals surface area (Å²) in [5.74, 6) is 1.32. The SMILES string of the molecule is Cc1ccc(Cl)c(OCc2cccc(-c3nc4c5sc6nc(C)cc(C)c6c5ncn4n3)c2)c1. The highest BCUT2D eigenvalue weighted by Crippen LogP contribution is 2.36. The average Bonchev–Trinajstić information content (AvgIpc) is 3.41. The van der Waals surface area contributed by atoms with E-state index in [4.69, 9.17) is 31.4 Å². The van der Waals surface area contributed by atoms with Crippen LogP contribution < -0.4 is 4.74 Å². The molecule has 0 fully saturated rings. The predicted molar refractivity (Wildman–Crippen MR) is 137 cm³/mol. The zero-order valence-electron chi connectivity index (χ0n) is 18.8. The van der Waals surface area contributed by atoms with E-state index in [-0.39, 0.29) is 0 Å². The van der Waals surface area contributed by atoms with E-state index in [9.17, 15) is 0 Å². The third-order valence-corrected chi connectivity index (χ3v) is 7.14. The zero-order chi connectivity index (χ0) is 23.4. The summed E-state index contributed by atoms with van der Waals surface area (Å²) >= 11 is 7.88. The lowest BCUT2D eigenvalue weighted by Gasteiger charge is -2.09. The molecule has 0 saturated heterocycles. The normalized spacial score (nSPS) is 11.6. The molecule has 0 amide bonds. The standard InChI is InChI=1S/C26H20ClN5OS/c1-14-7-8-19(27)20(9-14)33-12-17-5-4-6-18(11-17)24-30-25-23-22(28-13-32(25)31-24)21-15(2)10-16(3)29-26(21)34-23/h4-11,13H,12H2,1-3H3. The van der Waals surface area contributed by atoms with Crippen molar-refractivity contribution in [3.63, 3.8) is 0 Å². The average molecular weight is 486 g/mol. The Bertz CT molecular complexity index is 1720. The zero-order valence-corrected chi connectivity index (χ0v) is 20.4. The number of hydrogen-bond donors (Lipinski definition) is 0. The Labute approximate surface area is 204 Å². The molecule has 8 heteroatoms. The number of hydrogen-bond acceptors (Lipinski definition) is 6. The molecular weight excluding hydrogens is 466 g/mol. The van der Waals surface area contributed by atoms with E-state index in [1.165, 1.54) is 5.56 Å². The van der Waals surface area contributed by atoms with Gasteiger partial charge in [-0.15, -0.1) is 16.4 Å². The molecule has 0 atom stereocenters. The maximum Gasteiger partial charge on any atom is 0.182 e. The number of ether oxygens (including phenoxy) is 1. The van der Waals surface area contributed by atoms with E-state index < -0.39 is 0 Å². The Morgan fingerprint density at radius 3 is 2.79 bits per heavy atom. The molecule has 6 rings (SSSR count). The van der Waals surface area contributed by atoms with Gasteiger partial charge in [-0.3, -0.25) is 0 Å². The Hall–Kier alpha value is -3.55. The van der Waals surface area contributed by atoms with Crippen molar-refractivity contribution < 1.29 is 4.74 Å². The molecule has 6 nitrogen and oxygen atoms in total. The summed E-state index contributed by atoms with van der Waals surface area (Å²) in [7, 11) is 0. The van der Waals surface area contributed by atoms with Crippen LogP contribution in [0.25, 0.3) is 37.5 Å². The second-order valence-electron chi connectivity index (χ2n) is 8.41. The van der Waals surface area contributed by atoms with E-state index in [1.54, 1.807) is 22.2 Å². The first-order valence-electron chi connectivity index (χ1n) is 10.9. The van der Waals surface area contributed by atoms with Crippen molar-refractivity contribution in [1.82, 2.24) is 24.6 Å². The Morgan fingerprint density at radius 2 is 1.91 bits per heavy atom. The van der Waals surface area contributed by atoms with Gasteiger partial charge in [0.25, 0.3) is 0 Å². The highest BCUT2D eigenvalue weighted by atomic mass is 35.5. The number of aromatic nitrogens is 5. The van der Waals surface area contributed by atoms with Gasteiger partial charge in [0.1, 0.15) is 28.2 Å². The van der Waals surface area contributed by atoms with Gasteiger partial charge in [-0.05, 0) is 61.7 Å². The number of pyridine rings is 1. The van der Waals surface area contributed by atoms with Gasteiger partial charge in [0.05, 0.1) is 10.5 Å². The lowest BCUT2D eigenvalue weighted by atomic mass is 10.1. The molecule has 6 aromatic rings. The Morgan fingerprint density at radius 1 is 1.03 bits per heavy atom. The quantitative estimate of drug-likeness (QED) is 0.277. The maximum absolute atomic E-state index is 6.27. The molecule has 0 aliphatic carbocycles. The fourth-order valence-electron chi connectivity index (χ4n) is 4.17. The largest absolute Gasteiger partial charge is 0.487 e. The van der Waals surface area contributed by atoms with Gasteiger partial charge < -0.3 is 4.74 Å². The third kappa shape index (κ3) is 3.57. The van der Waals surface area contributed by atoms with Crippen molar-refractivity contribution in [3.05, 3.63) is 82.3 Å². The molecule has 4 aromatic heterocycles. The maximum atomic E-state index is 6.27. The van der Waals surface area contributed by atoms with Crippen LogP contribution in [-0.4, -0.2) is 24.6 Å². The van der Waals surface area contributed by atoms with Crippen LogP contribution in [0.15, 0.2) is 54.9 Å². The number of fused-ring (bicyclic) bond motifs is 5. The smallest absolute Gasteiger partial charge is 0.182 e. The third-order valence-electron chi connectivity index (χ3n) is 5.76. The molecule has 0 radical (unpaired) electrons. The lowest BCUT2D eigenvalue weighted by Crippen LogP contribution is -1.97. The summed E-state index contributed by atoms with van der Waals surface area (Å²) < 4.78 is 8.71. The minimum Gasteiger partial charge on any atom is -0.487 e. The van der Waals surface area contributed by atoms with Crippen LogP contribution in [0.5, 0.6) is 5.75 Å². The van der Waals surface area contributed by atoms with Crippen molar-refractivity contribution in [3.8, 4) is 17.1 Å². The molecule has 2 aromatic carbocycles. The van der Waals surface area contributed by atoms with Gasteiger partial charge in [0, 0.05) is 16.6 Å². The number of halogens is 1. The van der Waals surface area contributed by atoms with Gasteiger partial charge in [0.15, 0.2) is 11.5 Å². The van der Waals surface area contributed by atoms with Gasteiger partial charge >= 0.3 is 0 Å². The second-order valence-corrected chi connectivity index (χ2v) is 9.82. The Kier molecular flexibility index (Phi) is 4.97. The summed E-state index contributed by atoms with van der Waals surface area (Å²) in [6, 6.07) is 15.9. The first-order chi connectivity index (χ1) is 16.5. The van der Waals surface area contributed by atoms with Crippen LogP contribution in [0.1, 0.15) is 22.4 Å². The predicted octanol–water partition coefficient (Wildman–Crippen LogP) is 6.71. The molecule has 0 N–H and O–H groups in total. The second kappa shape index (κ2) is 8.04. The Balaban J connectivity index is 1.38. The van der Waals surface area contributed by atoms with Crippen molar-refractivity contribution in [2.45, 2.75) is 27.4 Å². The number of rotatable bonds is 4. The molecule has 0 spiro atoms. The monoisotopic (exact) mass is 485 g/mol. The van der Waals surface area contributed by atoms with Gasteiger partial charge in [-0.2, -0.15) is 0 Å². The van der Waals surface area contributed by atoms with Crippen molar-refractivity contribution in [2.24, 2.45) is 0 Å². The van der Waals surface area contributed by atoms with Crippen LogP contribution >= 0.6 is 22.9 Å². The van der Waals surface area contributed by atoms with Crippen LogP contribution in [0.4, 0.5) is 0 Å². The lowest BCUT2D eigenvalue weighted by molar-refractivity contribution is 0.306. The van der Waals surface area contributed by atoms with Crippen molar-refractivity contribution in [2.75, 3.05) is 0 Å². The van der Waals surface area contributed by atoms with Crippen LogP contribution in [0, 0.1) is 20.8 Å². The summed E-state index contributed by atoms with van der Waals surface area (Å²) in [4.78, 5) is 15.3. The minimum absolute atomic E-state index is 0.400. The van der Waals surface area contributed by atoms with E-state index in [0.717, 1.165) is 48.5 Å². The van der Waals surface area contributed by atoms with Gasteiger partial charge in [0.2, 0.25) is 0 Å². The molecule has 4 heterocycles. The fourth-order valence-corrected chi connectivity index (χ4v) is 5.57. The summed E-state index contributed by atoms with van der Waals surface area (Å²) in [5, 5.41) is 6.39. The van der Waals surface area contributed by atoms with E-state index in [1.807, 2.05) is 56.3 Å². The van der Waals surface area contributed by atoms with Crippen LogP contribution in [-0.2, 0) is 6.61 Å². The molecule has 0 aliphatic heterocycles. The topological polar surface area (TPSA) is 65.2 Å². The summed E-state index contributed by atoms with van der Waals surface area (Å²) in [6.45, 7) is 6.52. The van der Waals surface area contributed by atoms with E-state index in [2.05, 4.69) is 18.0 Å². The minimum atomic E-state index is 0.400. The summed E-state index contributed by atoms with van der Waals surface area (Å²) in [5.41, 5.74) is 6.91. The molecule has 0 bridgehead atoms. The first kappa shape index (κ1) is 21.0. The number of benzene rings is 2. The molecule has 0 saturated carbocycles. The molecule has 34 heavy (non-hydrogen) atoms.